The van der Waals surface area contributed by atoms with Gasteiger partial charge in [-0.25, -0.2) is 0 Å². The molecule has 1 amide bonds. The molecule has 0 aliphatic heterocycles. The van der Waals surface area contributed by atoms with E-state index in [4.69, 9.17) is 14.2 Å². The van der Waals surface area contributed by atoms with Gasteiger partial charge in [0, 0.05) is 5.56 Å². The fourth-order valence-electron chi connectivity index (χ4n) is 2.85. The number of carbonyl (C=O) groups is 1. The van der Waals surface area contributed by atoms with Gasteiger partial charge in [0.15, 0.2) is 11.5 Å². The van der Waals surface area contributed by atoms with Crippen LogP contribution < -0.4 is 19.5 Å². The van der Waals surface area contributed by atoms with Crippen LogP contribution in [-0.4, -0.2) is 26.2 Å². The molecule has 1 unspecified atom stereocenters. The number of benzene rings is 2. The number of nitrogens with one attached hydrogen (secondary N) is 1. The molecule has 0 fully saturated rings. The average molecular weight is 386 g/mol. The maximum absolute atomic E-state index is 12.5. The Morgan fingerprint density at radius 2 is 1.64 bits per heavy atom. The van der Waals surface area contributed by atoms with Crippen LogP contribution in [0.1, 0.15) is 50.8 Å². The summed E-state index contributed by atoms with van der Waals surface area (Å²) in [6, 6.07) is 13.2. The molecule has 5 heteroatoms. The lowest BCUT2D eigenvalue weighted by Gasteiger charge is -2.18. The van der Waals surface area contributed by atoms with Crippen LogP contribution in [0.5, 0.6) is 17.2 Å². The molecule has 0 aromatic heterocycles. The number of para-hydroxylation sites is 1. The van der Waals surface area contributed by atoms with E-state index >= 15 is 0 Å². The Labute approximate surface area is 168 Å². The third kappa shape index (κ3) is 6.19. The van der Waals surface area contributed by atoms with Crippen molar-refractivity contribution in [2.24, 2.45) is 0 Å². The highest BCUT2D eigenvalue weighted by molar-refractivity contribution is 5.79. The highest BCUT2D eigenvalue weighted by Crippen LogP contribution is 2.31. The molecule has 2 aromatic carbocycles. The van der Waals surface area contributed by atoms with Crippen LogP contribution in [0.4, 0.5) is 0 Å². The third-order valence-corrected chi connectivity index (χ3v) is 4.31. The number of hydrogen-bond acceptors (Lipinski definition) is 4. The summed E-state index contributed by atoms with van der Waals surface area (Å²) < 4.78 is 17.0. The predicted octanol–water partition coefficient (Wildman–Crippen LogP) is 4.69. The van der Waals surface area contributed by atoms with Crippen molar-refractivity contribution in [3.05, 3.63) is 53.6 Å². The molecule has 2 aromatic rings. The van der Waals surface area contributed by atoms with E-state index in [1.165, 1.54) is 0 Å². The summed E-state index contributed by atoms with van der Waals surface area (Å²) in [6.07, 6.45) is 2.12. The second-order valence-corrected chi connectivity index (χ2v) is 6.68. The van der Waals surface area contributed by atoms with E-state index in [1.807, 2.05) is 49.4 Å². The first-order valence-electron chi connectivity index (χ1n) is 9.89. The molecule has 0 spiro atoms. The Kier molecular flexibility index (Phi) is 8.66. The van der Waals surface area contributed by atoms with E-state index in [-0.39, 0.29) is 18.4 Å². The van der Waals surface area contributed by atoms with Gasteiger partial charge < -0.3 is 19.5 Å². The molecule has 152 valence electrons. The standard InChI is InChI=1S/C23H31NO4/c1-5-13-27-21-12-11-18(15-22(21)28-14-6-2)17(3)24-23(25)16-19-9-7-8-10-20(19)26-4/h7-12,15,17H,5-6,13-14,16H2,1-4H3,(H,24,25). The van der Waals surface area contributed by atoms with Crippen LogP contribution in [-0.2, 0) is 11.2 Å². The Bertz CT molecular complexity index is 760. The normalized spacial score (nSPS) is 11.6. The van der Waals surface area contributed by atoms with Gasteiger partial charge in [-0.1, -0.05) is 38.1 Å². The topological polar surface area (TPSA) is 56.8 Å². The Hall–Kier alpha value is -2.69. The van der Waals surface area contributed by atoms with Crippen molar-refractivity contribution in [2.45, 2.75) is 46.1 Å². The largest absolute Gasteiger partial charge is 0.496 e. The number of ether oxygens (including phenoxy) is 3. The highest BCUT2D eigenvalue weighted by Gasteiger charge is 2.15. The Balaban J connectivity index is 2.07. The van der Waals surface area contributed by atoms with Crippen molar-refractivity contribution in [3.8, 4) is 17.2 Å². The average Bonchev–Trinajstić information content (AvgIpc) is 2.71. The maximum Gasteiger partial charge on any atom is 0.225 e. The van der Waals surface area contributed by atoms with Crippen molar-refractivity contribution in [3.63, 3.8) is 0 Å². The number of methoxy groups -OCH3 is 1. The third-order valence-electron chi connectivity index (χ3n) is 4.31. The van der Waals surface area contributed by atoms with Crippen LogP contribution in [0, 0.1) is 0 Å². The van der Waals surface area contributed by atoms with E-state index in [2.05, 4.69) is 19.2 Å². The molecule has 0 bridgehead atoms. The quantitative estimate of drug-likeness (QED) is 0.609. The molecule has 0 aliphatic carbocycles. The van der Waals surface area contributed by atoms with Crippen LogP contribution in [0.15, 0.2) is 42.5 Å². The molecular weight excluding hydrogens is 354 g/mol. The molecule has 2 rings (SSSR count). The number of hydrogen-bond donors (Lipinski definition) is 1. The summed E-state index contributed by atoms with van der Waals surface area (Å²) in [6.45, 7) is 7.37. The van der Waals surface area contributed by atoms with E-state index in [1.54, 1.807) is 7.11 Å². The predicted molar refractivity (Wildman–Crippen MR) is 111 cm³/mol. The van der Waals surface area contributed by atoms with Crippen LogP contribution in [0.3, 0.4) is 0 Å². The van der Waals surface area contributed by atoms with E-state index in [0.29, 0.717) is 13.2 Å². The molecule has 0 heterocycles. The summed E-state index contributed by atoms with van der Waals surface area (Å²) in [5, 5.41) is 3.05. The van der Waals surface area contributed by atoms with Crippen LogP contribution in [0.25, 0.3) is 0 Å². The van der Waals surface area contributed by atoms with Gasteiger partial charge in [0.1, 0.15) is 5.75 Å². The van der Waals surface area contributed by atoms with Gasteiger partial charge in [0.2, 0.25) is 5.91 Å². The van der Waals surface area contributed by atoms with Gasteiger partial charge in [-0.05, 0) is 43.5 Å². The molecule has 28 heavy (non-hydrogen) atoms. The maximum atomic E-state index is 12.5. The minimum Gasteiger partial charge on any atom is -0.496 e. The fourth-order valence-corrected chi connectivity index (χ4v) is 2.85. The van der Waals surface area contributed by atoms with Gasteiger partial charge in [-0.15, -0.1) is 0 Å². The first kappa shape index (κ1) is 21.6. The van der Waals surface area contributed by atoms with Gasteiger partial charge >= 0.3 is 0 Å². The summed E-state index contributed by atoms with van der Waals surface area (Å²) in [5.41, 5.74) is 1.84. The zero-order valence-corrected chi connectivity index (χ0v) is 17.3. The number of carbonyl (C=O) groups excluding carboxylic acids is 1. The summed E-state index contributed by atoms with van der Waals surface area (Å²) in [7, 11) is 1.61. The molecule has 0 saturated heterocycles. The zero-order chi connectivity index (χ0) is 20.4. The van der Waals surface area contributed by atoms with Crippen molar-refractivity contribution in [2.75, 3.05) is 20.3 Å². The van der Waals surface area contributed by atoms with Gasteiger partial charge in [0.25, 0.3) is 0 Å². The molecule has 1 atom stereocenters. The zero-order valence-electron chi connectivity index (χ0n) is 17.3. The molecule has 0 radical (unpaired) electrons. The monoisotopic (exact) mass is 385 g/mol. The lowest BCUT2D eigenvalue weighted by atomic mass is 10.1. The summed E-state index contributed by atoms with van der Waals surface area (Å²) in [5.74, 6) is 2.13. The lowest BCUT2D eigenvalue weighted by molar-refractivity contribution is -0.121. The highest BCUT2D eigenvalue weighted by atomic mass is 16.5. The second-order valence-electron chi connectivity index (χ2n) is 6.68. The van der Waals surface area contributed by atoms with Gasteiger partial charge in [0.05, 0.1) is 32.8 Å². The SMILES string of the molecule is CCCOc1ccc(C(C)NC(=O)Cc2ccccc2OC)cc1OCCC. The Morgan fingerprint density at radius 3 is 2.32 bits per heavy atom. The first-order chi connectivity index (χ1) is 13.6. The molecular formula is C23H31NO4. The van der Waals surface area contributed by atoms with Crippen molar-refractivity contribution in [1.82, 2.24) is 5.32 Å². The number of rotatable bonds is 11. The van der Waals surface area contributed by atoms with Crippen LogP contribution >= 0.6 is 0 Å². The van der Waals surface area contributed by atoms with Gasteiger partial charge in [-0.2, -0.15) is 0 Å². The van der Waals surface area contributed by atoms with Crippen molar-refractivity contribution in [1.29, 1.82) is 0 Å². The van der Waals surface area contributed by atoms with Gasteiger partial charge in [-0.3, -0.25) is 4.79 Å². The fraction of sp³-hybridized carbons (Fsp3) is 0.435. The van der Waals surface area contributed by atoms with E-state index in [9.17, 15) is 4.79 Å². The second kappa shape index (κ2) is 11.2. The van der Waals surface area contributed by atoms with E-state index in [0.717, 1.165) is 41.2 Å². The smallest absolute Gasteiger partial charge is 0.225 e. The first-order valence-corrected chi connectivity index (χ1v) is 9.89. The molecule has 0 aliphatic rings. The number of amides is 1. The molecule has 1 N–H and O–H groups in total. The molecule has 5 nitrogen and oxygen atoms in total. The van der Waals surface area contributed by atoms with Crippen molar-refractivity contribution < 1.29 is 19.0 Å². The minimum absolute atomic E-state index is 0.0562. The van der Waals surface area contributed by atoms with Crippen LogP contribution in [0.2, 0.25) is 0 Å². The van der Waals surface area contributed by atoms with E-state index < -0.39 is 0 Å². The minimum atomic E-state index is -0.147. The molecule has 0 saturated carbocycles. The summed E-state index contributed by atoms with van der Waals surface area (Å²) >= 11 is 0. The van der Waals surface area contributed by atoms with Crippen molar-refractivity contribution >= 4 is 5.91 Å². The Morgan fingerprint density at radius 1 is 0.964 bits per heavy atom. The summed E-state index contributed by atoms with van der Waals surface area (Å²) in [4.78, 5) is 12.5. The lowest BCUT2D eigenvalue weighted by Crippen LogP contribution is -2.28.